The first-order valence-electron chi connectivity index (χ1n) is 9.46. The molecule has 3 fully saturated rings. The molecule has 138 valence electrons. The Morgan fingerprint density at radius 1 is 1.48 bits per heavy atom. The number of carbonyl (C=O) groups excluding carboxylic acids is 1. The third-order valence-corrected chi connectivity index (χ3v) is 7.15. The fourth-order valence-corrected chi connectivity index (χ4v) is 5.04. The largest absolute Gasteiger partial charge is 0.375 e. The lowest BCUT2D eigenvalue weighted by Gasteiger charge is -2.58. The van der Waals surface area contributed by atoms with Gasteiger partial charge in [-0.1, -0.05) is 6.92 Å². The van der Waals surface area contributed by atoms with Crippen molar-refractivity contribution in [3.8, 4) is 0 Å². The number of aryl methyl sites for hydroxylation is 1. The van der Waals surface area contributed by atoms with Crippen molar-refractivity contribution in [1.29, 1.82) is 0 Å². The zero-order valence-electron chi connectivity index (χ0n) is 15.5. The molecule has 1 aliphatic carbocycles. The summed E-state index contributed by atoms with van der Waals surface area (Å²) >= 11 is 1.68. The van der Waals surface area contributed by atoms with Gasteiger partial charge in [-0.2, -0.15) is 0 Å². The maximum atomic E-state index is 12.4. The number of hydrogen-bond donors (Lipinski definition) is 0. The van der Waals surface area contributed by atoms with Gasteiger partial charge in [0.25, 0.3) is 0 Å². The Morgan fingerprint density at radius 3 is 2.88 bits per heavy atom. The summed E-state index contributed by atoms with van der Waals surface area (Å²) in [6, 6.07) is 0. The van der Waals surface area contributed by atoms with E-state index in [-0.39, 0.29) is 5.54 Å². The summed E-state index contributed by atoms with van der Waals surface area (Å²) in [6.45, 7) is 8.56. The minimum atomic E-state index is 0.192. The number of piperidine rings is 1. The van der Waals surface area contributed by atoms with Crippen LogP contribution < -0.4 is 0 Å². The number of likely N-dealkylation sites (tertiary alicyclic amines) is 2. The smallest absolute Gasteiger partial charge is 0.226 e. The highest BCUT2D eigenvalue weighted by molar-refractivity contribution is 7.09. The van der Waals surface area contributed by atoms with Gasteiger partial charge in [0.1, 0.15) is 0 Å². The molecule has 1 aromatic heterocycles. The molecule has 3 atom stereocenters. The van der Waals surface area contributed by atoms with Gasteiger partial charge in [-0.05, 0) is 51.6 Å². The van der Waals surface area contributed by atoms with E-state index in [0.29, 0.717) is 30.3 Å². The van der Waals surface area contributed by atoms with Crippen molar-refractivity contribution in [2.24, 2.45) is 17.8 Å². The van der Waals surface area contributed by atoms with Crippen molar-refractivity contribution < 1.29 is 9.53 Å². The van der Waals surface area contributed by atoms with E-state index in [9.17, 15) is 4.79 Å². The van der Waals surface area contributed by atoms with E-state index < -0.39 is 0 Å². The van der Waals surface area contributed by atoms with E-state index in [1.54, 1.807) is 11.3 Å². The second-order valence-electron chi connectivity index (χ2n) is 8.39. The zero-order valence-corrected chi connectivity index (χ0v) is 16.3. The van der Waals surface area contributed by atoms with Gasteiger partial charge in [-0.25, -0.2) is 4.98 Å². The molecule has 0 aromatic carbocycles. The number of ether oxygens (including phenoxy) is 1. The van der Waals surface area contributed by atoms with Crippen LogP contribution in [0.5, 0.6) is 0 Å². The molecule has 25 heavy (non-hydrogen) atoms. The first-order valence-corrected chi connectivity index (χ1v) is 10.3. The Kier molecular flexibility index (Phi) is 4.63. The first kappa shape index (κ1) is 17.4. The monoisotopic (exact) mass is 363 g/mol. The van der Waals surface area contributed by atoms with E-state index >= 15 is 0 Å². The highest BCUT2D eigenvalue weighted by Gasteiger charge is 2.53. The Hall–Kier alpha value is -0.980. The molecule has 2 aliphatic heterocycles. The van der Waals surface area contributed by atoms with Crippen LogP contribution in [0.1, 0.15) is 36.9 Å². The van der Waals surface area contributed by atoms with Crippen LogP contribution in [0.25, 0.3) is 0 Å². The molecule has 0 radical (unpaired) electrons. The average molecular weight is 364 g/mol. The number of carbonyl (C=O) groups is 1. The molecule has 3 aliphatic rings. The van der Waals surface area contributed by atoms with Crippen molar-refractivity contribution in [2.45, 2.75) is 45.3 Å². The molecular weight excluding hydrogens is 334 g/mol. The minimum absolute atomic E-state index is 0.192. The second kappa shape index (κ2) is 6.63. The quantitative estimate of drug-likeness (QED) is 0.807. The van der Waals surface area contributed by atoms with Gasteiger partial charge in [0.2, 0.25) is 5.91 Å². The number of amides is 1. The van der Waals surface area contributed by atoms with E-state index in [2.05, 4.69) is 34.1 Å². The van der Waals surface area contributed by atoms with Crippen molar-refractivity contribution in [3.05, 3.63) is 16.1 Å². The molecule has 0 N–H and O–H groups in total. The normalized spacial score (nSPS) is 31.2. The van der Waals surface area contributed by atoms with Crippen LogP contribution >= 0.6 is 11.3 Å². The van der Waals surface area contributed by atoms with Gasteiger partial charge >= 0.3 is 0 Å². The number of rotatable bonds is 5. The van der Waals surface area contributed by atoms with Crippen LogP contribution in [0.4, 0.5) is 0 Å². The number of thiazole rings is 1. The zero-order chi connectivity index (χ0) is 17.6. The predicted octanol–water partition coefficient (Wildman–Crippen LogP) is 2.55. The van der Waals surface area contributed by atoms with Crippen molar-refractivity contribution in [1.82, 2.24) is 14.8 Å². The van der Waals surface area contributed by atoms with Gasteiger partial charge in [0.05, 0.1) is 29.5 Å². The van der Waals surface area contributed by atoms with Gasteiger partial charge in [-0.15, -0.1) is 11.3 Å². The molecule has 0 bridgehead atoms. The van der Waals surface area contributed by atoms with E-state index in [1.807, 2.05) is 6.92 Å². The van der Waals surface area contributed by atoms with Crippen LogP contribution in [0, 0.1) is 24.7 Å². The summed E-state index contributed by atoms with van der Waals surface area (Å²) in [6.07, 6.45) is 3.41. The lowest BCUT2D eigenvalue weighted by atomic mass is 9.75. The van der Waals surface area contributed by atoms with E-state index in [1.165, 1.54) is 6.42 Å². The lowest BCUT2D eigenvalue weighted by Crippen LogP contribution is -2.72. The molecule has 4 rings (SSSR count). The lowest BCUT2D eigenvalue weighted by molar-refractivity contribution is -0.152. The molecule has 1 spiro atoms. The van der Waals surface area contributed by atoms with Gasteiger partial charge in [0, 0.05) is 24.4 Å². The molecule has 1 saturated carbocycles. The summed E-state index contributed by atoms with van der Waals surface area (Å²) in [5, 5.41) is 3.18. The van der Waals surface area contributed by atoms with Crippen LogP contribution in [0.15, 0.2) is 5.38 Å². The van der Waals surface area contributed by atoms with Crippen LogP contribution in [0.2, 0.25) is 0 Å². The Labute approximate surface area is 154 Å². The predicted molar refractivity (Wildman–Crippen MR) is 98.4 cm³/mol. The second-order valence-corrected chi connectivity index (χ2v) is 9.45. The topological polar surface area (TPSA) is 45.7 Å². The van der Waals surface area contributed by atoms with E-state index in [4.69, 9.17) is 4.74 Å². The van der Waals surface area contributed by atoms with Gasteiger partial charge < -0.3 is 9.64 Å². The fraction of sp³-hybridized carbons (Fsp3) is 0.789. The summed E-state index contributed by atoms with van der Waals surface area (Å²) in [5.41, 5.74) is 1.24. The molecule has 3 heterocycles. The third-order valence-electron chi connectivity index (χ3n) is 6.33. The number of aromatic nitrogens is 1. The van der Waals surface area contributed by atoms with Gasteiger partial charge in [0.15, 0.2) is 0 Å². The summed E-state index contributed by atoms with van der Waals surface area (Å²) in [7, 11) is 2.22. The van der Waals surface area contributed by atoms with Gasteiger partial charge in [-0.3, -0.25) is 9.69 Å². The number of hydrogen-bond acceptors (Lipinski definition) is 5. The average Bonchev–Trinajstić information content (AvgIpc) is 3.14. The minimum Gasteiger partial charge on any atom is -0.375 e. The third kappa shape index (κ3) is 3.49. The Balaban J connectivity index is 1.26. The van der Waals surface area contributed by atoms with Crippen molar-refractivity contribution in [3.63, 3.8) is 0 Å². The highest BCUT2D eigenvalue weighted by Crippen LogP contribution is 2.44. The van der Waals surface area contributed by atoms with E-state index in [0.717, 1.165) is 49.8 Å². The molecule has 0 unspecified atom stereocenters. The molecule has 6 heteroatoms. The highest BCUT2D eigenvalue weighted by atomic mass is 32.1. The standard InChI is InChI=1S/C19H29N3O2S/c1-13-6-17(13)18(23)22-11-19(12-22)7-15(4-5-21(19)3)8-24-9-16-10-25-14(2)20-16/h10,13,15,17H,4-9,11-12H2,1-3H3/t13-,15-,17+/m1/s1. The number of likely N-dealkylation sites (N-methyl/N-ethyl adjacent to an activating group) is 1. The van der Waals surface area contributed by atoms with Crippen LogP contribution in [-0.4, -0.2) is 59.5 Å². The molecule has 1 amide bonds. The first-order chi connectivity index (χ1) is 12.0. The SMILES string of the molecule is Cc1nc(COC[C@@H]2CCN(C)C3(C2)CN(C(=O)[C@H]2C[C@H]2C)C3)cs1. The fourth-order valence-electron chi connectivity index (χ4n) is 4.45. The van der Waals surface area contributed by atoms with Crippen molar-refractivity contribution in [2.75, 3.05) is 33.3 Å². The molecule has 2 saturated heterocycles. The maximum absolute atomic E-state index is 12.4. The molecular formula is C19H29N3O2S. The van der Waals surface area contributed by atoms with Crippen LogP contribution in [0.3, 0.4) is 0 Å². The van der Waals surface area contributed by atoms with Crippen molar-refractivity contribution >= 4 is 17.2 Å². The number of nitrogens with zero attached hydrogens (tertiary/aromatic N) is 3. The Morgan fingerprint density at radius 2 is 2.24 bits per heavy atom. The van der Waals surface area contributed by atoms with Crippen LogP contribution in [-0.2, 0) is 16.1 Å². The maximum Gasteiger partial charge on any atom is 0.226 e. The Bertz CT molecular complexity index is 640. The summed E-state index contributed by atoms with van der Waals surface area (Å²) in [4.78, 5) is 21.4. The summed E-state index contributed by atoms with van der Waals surface area (Å²) < 4.78 is 5.95. The summed E-state index contributed by atoms with van der Waals surface area (Å²) in [5.74, 6) is 1.90. The molecule has 1 aromatic rings. The molecule has 5 nitrogen and oxygen atoms in total.